The Kier molecular flexibility index (Phi) is 6.11. The first-order chi connectivity index (χ1) is 10.4. The van der Waals surface area contributed by atoms with E-state index in [2.05, 4.69) is 0 Å². The molecule has 0 aliphatic heterocycles. The van der Waals surface area contributed by atoms with Gasteiger partial charge >= 0.3 is 11.7 Å². The predicted octanol–water partition coefficient (Wildman–Crippen LogP) is 0.915. The van der Waals surface area contributed by atoms with Gasteiger partial charge in [0, 0.05) is 18.7 Å². The molecule has 1 amide bonds. The molecular weight excluding hydrogens is 296 g/mol. The number of rotatable bonds is 8. The van der Waals surface area contributed by atoms with Crippen molar-refractivity contribution in [3.63, 3.8) is 0 Å². The van der Waals surface area contributed by atoms with Crippen molar-refractivity contribution in [3.05, 3.63) is 28.3 Å². The second-order valence-electron chi connectivity index (χ2n) is 4.18. The number of likely N-dealkylation sites (N-methyl/N-ethyl adjacent to an activating group) is 1. The Labute approximate surface area is 126 Å². The average Bonchev–Trinajstić information content (AvgIpc) is 2.49. The van der Waals surface area contributed by atoms with Gasteiger partial charge in [0.05, 0.1) is 12.0 Å². The van der Waals surface area contributed by atoms with E-state index >= 15 is 0 Å². The molecule has 0 aromatic heterocycles. The fourth-order valence-corrected chi connectivity index (χ4v) is 1.67. The molecule has 0 spiro atoms. The zero-order valence-electron chi connectivity index (χ0n) is 12.1. The normalized spacial score (nSPS) is 9.91. The summed E-state index contributed by atoms with van der Waals surface area (Å²) in [7, 11) is 1.28. The maximum absolute atomic E-state index is 11.8. The molecule has 1 N–H and O–H groups in total. The maximum atomic E-state index is 11.8. The summed E-state index contributed by atoms with van der Waals surface area (Å²) in [5.74, 6) is -1.40. The summed E-state index contributed by atoms with van der Waals surface area (Å²) in [5.41, 5.74) is -0.220. The van der Waals surface area contributed by atoms with E-state index < -0.39 is 23.3 Å². The van der Waals surface area contributed by atoms with Crippen molar-refractivity contribution in [2.45, 2.75) is 6.92 Å². The van der Waals surface area contributed by atoms with Gasteiger partial charge in [0.2, 0.25) is 5.75 Å². The molecule has 0 aliphatic rings. The summed E-state index contributed by atoms with van der Waals surface area (Å²) in [6.07, 6.45) is 0. The van der Waals surface area contributed by atoms with E-state index in [0.29, 0.717) is 0 Å². The molecule has 120 valence electrons. The average molecular weight is 312 g/mol. The van der Waals surface area contributed by atoms with Crippen molar-refractivity contribution < 1.29 is 29.1 Å². The van der Waals surface area contributed by atoms with Crippen LogP contribution in [0.15, 0.2) is 18.2 Å². The van der Waals surface area contributed by atoms with E-state index in [1.54, 1.807) is 6.92 Å². The van der Waals surface area contributed by atoms with Gasteiger partial charge in [-0.15, -0.1) is 0 Å². The van der Waals surface area contributed by atoms with Gasteiger partial charge < -0.3 is 19.5 Å². The maximum Gasteiger partial charge on any atom is 0.323 e. The lowest BCUT2D eigenvalue weighted by Gasteiger charge is -2.18. The molecule has 0 fully saturated rings. The molecule has 1 aromatic carbocycles. The van der Waals surface area contributed by atoms with E-state index in [-0.39, 0.29) is 30.3 Å². The lowest BCUT2D eigenvalue weighted by atomic mass is 10.3. The number of methoxy groups -OCH3 is 1. The highest BCUT2D eigenvalue weighted by Gasteiger charge is 2.18. The van der Waals surface area contributed by atoms with Gasteiger partial charge in [0.25, 0.3) is 5.91 Å². The van der Waals surface area contributed by atoms with Crippen molar-refractivity contribution in [3.8, 4) is 11.5 Å². The minimum Gasteiger partial charge on any atom is -0.490 e. The number of carbonyl (C=O) groups excluding carboxylic acids is 1. The molecule has 0 atom stereocenters. The van der Waals surface area contributed by atoms with Crippen LogP contribution in [0, 0.1) is 10.1 Å². The lowest BCUT2D eigenvalue weighted by molar-refractivity contribution is -0.385. The van der Waals surface area contributed by atoms with Gasteiger partial charge in [0.15, 0.2) is 6.61 Å². The zero-order valence-corrected chi connectivity index (χ0v) is 12.1. The summed E-state index contributed by atoms with van der Waals surface area (Å²) >= 11 is 0. The summed E-state index contributed by atoms with van der Waals surface area (Å²) in [4.78, 5) is 33.7. The number of aliphatic carboxylic acids is 1. The van der Waals surface area contributed by atoms with Crippen molar-refractivity contribution in [1.82, 2.24) is 4.90 Å². The highest BCUT2D eigenvalue weighted by molar-refractivity contribution is 5.82. The largest absolute Gasteiger partial charge is 0.490 e. The third kappa shape index (κ3) is 4.62. The third-order valence-electron chi connectivity index (χ3n) is 2.77. The van der Waals surface area contributed by atoms with Gasteiger partial charge in [-0.05, 0) is 13.0 Å². The molecule has 0 bridgehead atoms. The number of ether oxygens (including phenoxy) is 2. The van der Waals surface area contributed by atoms with Crippen LogP contribution in [0.1, 0.15) is 6.92 Å². The van der Waals surface area contributed by atoms with Crippen LogP contribution in [0.5, 0.6) is 11.5 Å². The Hall–Kier alpha value is -2.84. The first-order valence-electron chi connectivity index (χ1n) is 6.33. The number of hydrogen-bond acceptors (Lipinski definition) is 6. The molecular formula is C13H16N2O7. The van der Waals surface area contributed by atoms with Gasteiger partial charge in [0.1, 0.15) is 12.3 Å². The van der Waals surface area contributed by atoms with Crippen molar-refractivity contribution in [2.24, 2.45) is 0 Å². The van der Waals surface area contributed by atoms with E-state index in [1.165, 1.54) is 25.3 Å². The summed E-state index contributed by atoms with van der Waals surface area (Å²) < 4.78 is 10.1. The van der Waals surface area contributed by atoms with Crippen LogP contribution >= 0.6 is 0 Å². The quantitative estimate of drug-likeness (QED) is 0.559. The van der Waals surface area contributed by atoms with E-state index in [9.17, 15) is 19.7 Å². The number of nitro benzene ring substituents is 1. The number of hydrogen-bond donors (Lipinski definition) is 1. The SMILES string of the molecule is CCN(CC(=O)O)C(=O)COc1ccc([N+](=O)[O-])c(OC)c1. The topological polar surface area (TPSA) is 119 Å². The predicted molar refractivity (Wildman–Crippen MR) is 75.0 cm³/mol. The van der Waals surface area contributed by atoms with Gasteiger partial charge in [-0.25, -0.2) is 0 Å². The molecule has 0 saturated heterocycles. The number of carboxylic acids is 1. The van der Waals surface area contributed by atoms with E-state index in [4.69, 9.17) is 14.6 Å². The number of carboxylic acid groups (broad SMARTS) is 1. The third-order valence-corrected chi connectivity index (χ3v) is 2.77. The number of benzene rings is 1. The van der Waals surface area contributed by atoms with Gasteiger partial charge in [-0.3, -0.25) is 19.7 Å². The van der Waals surface area contributed by atoms with Crippen molar-refractivity contribution in [2.75, 3.05) is 26.8 Å². The molecule has 22 heavy (non-hydrogen) atoms. The second kappa shape index (κ2) is 7.81. The fourth-order valence-electron chi connectivity index (χ4n) is 1.67. The van der Waals surface area contributed by atoms with Crippen LogP contribution in [-0.2, 0) is 9.59 Å². The molecule has 9 heteroatoms. The Morgan fingerprint density at radius 3 is 2.59 bits per heavy atom. The Morgan fingerprint density at radius 1 is 1.41 bits per heavy atom. The minimum absolute atomic E-state index is 0.00725. The van der Waals surface area contributed by atoms with Crippen LogP contribution in [0.4, 0.5) is 5.69 Å². The van der Waals surface area contributed by atoms with Crippen molar-refractivity contribution >= 4 is 17.6 Å². The molecule has 1 rings (SSSR count). The molecule has 0 radical (unpaired) electrons. The molecule has 0 saturated carbocycles. The van der Waals surface area contributed by atoms with Crippen molar-refractivity contribution in [1.29, 1.82) is 0 Å². The van der Waals surface area contributed by atoms with Crippen LogP contribution < -0.4 is 9.47 Å². The number of amides is 1. The Morgan fingerprint density at radius 2 is 2.09 bits per heavy atom. The summed E-state index contributed by atoms with van der Waals surface area (Å²) in [6, 6.07) is 3.83. The van der Waals surface area contributed by atoms with Crippen LogP contribution in [0.2, 0.25) is 0 Å². The lowest BCUT2D eigenvalue weighted by Crippen LogP contribution is -2.38. The molecule has 9 nitrogen and oxygen atoms in total. The second-order valence-corrected chi connectivity index (χ2v) is 4.18. The smallest absolute Gasteiger partial charge is 0.323 e. The van der Waals surface area contributed by atoms with Crippen LogP contribution in [-0.4, -0.2) is 53.6 Å². The summed E-state index contributed by atoms with van der Waals surface area (Å²) in [5, 5.41) is 19.4. The fraction of sp³-hybridized carbons (Fsp3) is 0.385. The van der Waals surface area contributed by atoms with Gasteiger partial charge in [-0.2, -0.15) is 0 Å². The highest BCUT2D eigenvalue weighted by atomic mass is 16.6. The van der Waals surface area contributed by atoms with Crippen LogP contribution in [0.3, 0.4) is 0 Å². The summed E-state index contributed by atoms with van der Waals surface area (Å²) in [6.45, 7) is 1.10. The monoisotopic (exact) mass is 312 g/mol. The standard InChI is InChI=1S/C13H16N2O7/c1-3-14(7-13(17)18)12(16)8-22-9-4-5-10(15(19)20)11(6-9)21-2/h4-6H,3,7-8H2,1-2H3,(H,17,18). The van der Waals surface area contributed by atoms with E-state index in [0.717, 1.165) is 4.90 Å². The number of carbonyl (C=O) groups is 2. The first kappa shape index (κ1) is 17.2. The molecule has 0 unspecified atom stereocenters. The number of nitro groups is 1. The highest BCUT2D eigenvalue weighted by Crippen LogP contribution is 2.30. The zero-order chi connectivity index (χ0) is 16.7. The Bertz CT molecular complexity index is 574. The number of nitrogens with zero attached hydrogens (tertiary/aromatic N) is 2. The first-order valence-corrected chi connectivity index (χ1v) is 6.33. The Balaban J connectivity index is 2.73. The van der Waals surface area contributed by atoms with Gasteiger partial charge in [-0.1, -0.05) is 0 Å². The van der Waals surface area contributed by atoms with E-state index in [1.807, 2.05) is 0 Å². The molecule has 1 aromatic rings. The van der Waals surface area contributed by atoms with Crippen LogP contribution in [0.25, 0.3) is 0 Å². The minimum atomic E-state index is -1.12. The molecule has 0 heterocycles. The molecule has 0 aliphatic carbocycles.